The number of amides is 2. The lowest BCUT2D eigenvalue weighted by molar-refractivity contribution is -0.128. The first-order chi connectivity index (χ1) is 17.5. The minimum atomic E-state index is -0.953. The molecule has 3 heterocycles. The third-order valence-electron chi connectivity index (χ3n) is 5.61. The molecule has 2 amide bonds. The summed E-state index contributed by atoms with van der Waals surface area (Å²) in [5, 5.41) is 15.4. The van der Waals surface area contributed by atoms with Crippen molar-refractivity contribution in [2.75, 3.05) is 4.90 Å². The molecular formula is C27H31N7O3. The maximum Gasteiger partial charge on any atom is 0.251 e. The maximum absolute atomic E-state index is 14.0. The molecule has 0 aliphatic carbocycles. The lowest BCUT2D eigenvalue weighted by Gasteiger charge is -2.34. The highest BCUT2D eigenvalue weighted by Crippen LogP contribution is 2.32. The van der Waals surface area contributed by atoms with Gasteiger partial charge in [-0.1, -0.05) is 12.1 Å². The minimum absolute atomic E-state index is 0.232. The largest absolute Gasteiger partial charge is 0.458 e. The van der Waals surface area contributed by atoms with Gasteiger partial charge in [-0.15, -0.1) is 10.2 Å². The van der Waals surface area contributed by atoms with Gasteiger partial charge in [0.25, 0.3) is 5.91 Å². The van der Waals surface area contributed by atoms with Gasteiger partial charge < -0.3 is 9.73 Å². The standard InChI is InChI=1S/C27H31N7O3/c1-17-7-8-18(2)21(15-17)34(24(20-11-13-28-14-12-20)26(36)29-27(4,5)6)23(35)16-33-31-25(30-32-33)22-10-9-19(3)37-22/h7-15,24H,16H2,1-6H3,(H,29,36)/t24-/m1/s1. The van der Waals surface area contributed by atoms with Crippen LogP contribution in [0.15, 0.2) is 59.3 Å². The van der Waals surface area contributed by atoms with Gasteiger partial charge in [-0.3, -0.25) is 19.5 Å². The summed E-state index contributed by atoms with van der Waals surface area (Å²) in [5.41, 5.74) is 2.54. The van der Waals surface area contributed by atoms with Gasteiger partial charge in [-0.2, -0.15) is 4.80 Å². The molecule has 1 atom stereocenters. The Morgan fingerprint density at radius 2 is 1.78 bits per heavy atom. The number of hydrogen-bond donors (Lipinski definition) is 1. The molecule has 3 aromatic heterocycles. The van der Waals surface area contributed by atoms with Crippen molar-refractivity contribution < 1.29 is 14.0 Å². The van der Waals surface area contributed by atoms with Crippen molar-refractivity contribution in [1.82, 2.24) is 30.5 Å². The number of carbonyl (C=O) groups is 2. The number of nitrogens with zero attached hydrogens (tertiary/aromatic N) is 6. The quantitative estimate of drug-likeness (QED) is 0.407. The summed E-state index contributed by atoms with van der Waals surface area (Å²) in [6, 6.07) is 11.9. The Hall–Kier alpha value is -4.34. The van der Waals surface area contributed by atoms with Gasteiger partial charge in [-0.05, 0) is 93.8 Å². The molecule has 0 fully saturated rings. The van der Waals surface area contributed by atoms with E-state index in [1.54, 1.807) is 36.7 Å². The van der Waals surface area contributed by atoms with E-state index in [-0.39, 0.29) is 24.2 Å². The lowest BCUT2D eigenvalue weighted by Crippen LogP contribution is -2.50. The van der Waals surface area contributed by atoms with Gasteiger partial charge >= 0.3 is 0 Å². The van der Waals surface area contributed by atoms with Crippen LogP contribution in [0.25, 0.3) is 11.6 Å². The molecule has 0 spiro atoms. The van der Waals surface area contributed by atoms with Crippen molar-refractivity contribution in [3.63, 3.8) is 0 Å². The molecule has 10 nitrogen and oxygen atoms in total. The number of benzene rings is 1. The predicted octanol–water partition coefficient (Wildman–Crippen LogP) is 3.94. The molecular weight excluding hydrogens is 470 g/mol. The Bertz CT molecular complexity index is 1400. The van der Waals surface area contributed by atoms with Crippen molar-refractivity contribution in [2.45, 2.75) is 59.7 Å². The van der Waals surface area contributed by atoms with Crippen molar-refractivity contribution in [2.24, 2.45) is 0 Å². The molecule has 0 radical (unpaired) electrons. The SMILES string of the molecule is Cc1ccc(C)c(N(C(=O)Cn2nnc(-c3ccc(C)o3)n2)[C@@H](C(=O)NC(C)(C)C)c2ccncc2)c1. The first-order valence-electron chi connectivity index (χ1n) is 12.0. The minimum Gasteiger partial charge on any atom is -0.458 e. The first-order valence-corrected chi connectivity index (χ1v) is 12.0. The van der Waals surface area contributed by atoms with E-state index in [1.807, 2.05) is 59.7 Å². The van der Waals surface area contributed by atoms with Gasteiger partial charge in [0, 0.05) is 23.6 Å². The summed E-state index contributed by atoms with van der Waals surface area (Å²) in [7, 11) is 0. The molecule has 4 aromatic rings. The second-order valence-electron chi connectivity index (χ2n) is 10.0. The number of aryl methyl sites for hydroxylation is 3. The average Bonchev–Trinajstić information content (AvgIpc) is 3.47. The molecule has 37 heavy (non-hydrogen) atoms. The fourth-order valence-corrected chi connectivity index (χ4v) is 3.96. The number of anilines is 1. The summed E-state index contributed by atoms with van der Waals surface area (Å²) >= 11 is 0. The van der Waals surface area contributed by atoms with Crippen molar-refractivity contribution >= 4 is 17.5 Å². The Morgan fingerprint density at radius 3 is 2.43 bits per heavy atom. The van der Waals surface area contributed by atoms with E-state index in [2.05, 4.69) is 25.7 Å². The topological polar surface area (TPSA) is 119 Å². The average molecular weight is 502 g/mol. The number of hydrogen-bond acceptors (Lipinski definition) is 7. The van der Waals surface area contributed by atoms with Gasteiger partial charge in [0.2, 0.25) is 11.7 Å². The smallest absolute Gasteiger partial charge is 0.251 e. The number of tetrazole rings is 1. The predicted molar refractivity (Wildman–Crippen MR) is 139 cm³/mol. The van der Waals surface area contributed by atoms with Crippen LogP contribution in [0.5, 0.6) is 0 Å². The van der Waals surface area contributed by atoms with Crippen LogP contribution in [0.3, 0.4) is 0 Å². The number of carbonyl (C=O) groups excluding carboxylic acids is 2. The normalized spacial score (nSPS) is 12.3. The summed E-state index contributed by atoms with van der Waals surface area (Å²) < 4.78 is 5.57. The van der Waals surface area contributed by atoms with Crippen molar-refractivity contribution in [1.29, 1.82) is 0 Å². The van der Waals surface area contributed by atoms with Crippen LogP contribution >= 0.6 is 0 Å². The van der Waals surface area contributed by atoms with Crippen LogP contribution in [0.4, 0.5) is 5.69 Å². The summed E-state index contributed by atoms with van der Waals surface area (Å²) in [6.07, 6.45) is 3.21. The molecule has 0 saturated carbocycles. The highest BCUT2D eigenvalue weighted by molar-refractivity contribution is 6.02. The Kier molecular flexibility index (Phi) is 7.19. The summed E-state index contributed by atoms with van der Waals surface area (Å²) in [4.78, 5) is 34.5. The molecule has 1 aromatic carbocycles. The van der Waals surface area contributed by atoms with Crippen LogP contribution in [-0.4, -0.2) is 42.5 Å². The van der Waals surface area contributed by atoms with Gasteiger partial charge in [0.05, 0.1) is 0 Å². The molecule has 1 N–H and O–H groups in total. The highest BCUT2D eigenvalue weighted by atomic mass is 16.3. The van der Waals surface area contributed by atoms with Crippen LogP contribution in [0, 0.1) is 20.8 Å². The second kappa shape index (κ2) is 10.3. The maximum atomic E-state index is 14.0. The third kappa shape index (κ3) is 6.08. The van der Waals surface area contributed by atoms with Crippen LogP contribution in [-0.2, 0) is 16.1 Å². The van der Waals surface area contributed by atoms with E-state index in [0.717, 1.165) is 11.1 Å². The molecule has 0 aliphatic heterocycles. The second-order valence-corrected chi connectivity index (χ2v) is 10.0. The van der Waals surface area contributed by atoms with Crippen LogP contribution < -0.4 is 10.2 Å². The van der Waals surface area contributed by atoms with Gasteiger partial charge in [0.15, 0.2) is 5.76 Å². The third-order valence-corrected chi connectivity index (χ3v) is 5.61. The molecule has 10 heteroatoms. The highest BCUT2D eigenvalue weighted by Gasteiger charge is 2.35. The fourth-order valence-electron chi connectivity index (χ4n) is 3.96. The molecule has 4 rings (SSSR count). The number of rotatable bonds is 7. The van der Waals surface area contributed by atoms with Crippen molar-refractivity contribution in [3.05, 3.63) is 77.3 Å². The zero-order chi connectivity index (χ0) is 26.7. The number of furan rings is 1. The zero-order valence-corrected chi connectivity index (χ0v) is 21.9. The Labute approximate surface area is 215 Å². The Morgan fingerprint density at radius 1 is 1.05 bits per heavy atom. The molecule has 0 aliphatic rings. The molecule has 0 bridgehead atoms. The molecule has 192 valence electrons. The van der Waals surface area contributed by atoms with E-state index in [4.69, 9.17) is 4.42 Å². The van der Waals surface area contributed by atoms with E-state index < -0.39 is 11.6 Å². The van der Waals surface area contributed by atoms with Gasteiger partial charge in [-0.25, -0.2) is 0 Å². The van der Waals surface area contributed by atoms with Crippen molar-refractivity contribution in [3.8, 4) is 11.6 Å². The van der Waals surface area contributed by atoms with E-state index in [9.17, 15) is 9.59 Å². The first kappa shape index (κ1) is 25.7. The van der Waals surface area contributed by atoms with Crippen LogP contribution in [0.2, 0.25) is 0 Å². The van der Waals surface area contributed by atoms with E-state index in [0.29, 0.717) is 22.8 Å². The zero-order valence-electron chi connectivity index (χ0n) is 21.9. The molecule has 0 saturated heterocycles. The Balaban J connectivity index is 1.77. The van der Waals surface area contributed by atoms with E-state index in [1.165, 1.54) is 9.70 Å². The van der Waals surface area contributed by atoms with Crippen LogP contribution in [0.1, 0.15) is 49.3 Å². The molecule has 0 unspecified atom stereocenters. The number of nitrogens with one attached hydrogen (secondary N) is 1. The fraction of sp³-hybridized carbons (Fsp3) is 0.333. The monoisotopic (exact) mass is 501 g/mol. The number of aromatic nitrogens is 5. The lowest BCUT2D eigenvalue weighted by atomic mass is 10.00. The number of pyridine rings is 1. The van der Waals surface area contributed by atoms with E-state index >= 15 is 0 Å². The summed E-state index contributed by atoms with van der Waals surface area (Å²) in [6.45, 7) is 11.1. The van der Waals surface area contributed by atoms with Gasteiger partial charge in [0.1, 0.15) is 18.3 Å². The summed E-state index contributed by atoms with van der Waals surface area (Å²) in [5.74, 6) is 0.760.